The maximum atomic E-state index is 13.2. The fourth-order valence-electron chi connectivity index (χ4n) is 5.13. The first-order valence-electron chi connectivity index (χ1n) is 13.7. The largest absolute Gasteiger partial charge is 0.491 e. The third kappa shape index (κ3) is 6.97. The predicted molar refractivity (Wildman–Crippen MR) is 149 cm³/mol. The number of anilines is 1. The lowest BCUT2D eigenvalue weighted by atomic mass is 10.0. The zero-order chi connectivity index (χ0) is 27.0. The summed E-state index contributed by atoms with van der Waals surface area (Å²) >= 11 is 0. The maximum Gasteiger partial charge on any atom is 0.253 e. The number of rotatable bonds is 5. The number of benzene rings is 2. The van der Waals surface area contributed by atoms with Gasteiger partial charge in [-0.05, 0) is 54.3 Å². The molecule has 2 aliphatic rings. The van der Waals surface area contributed by atoms with E-state index in [1.165, 1.54) is 0 Å². The Hall–Kier alpha value is -3.85. The average molecular weight is 532 g/mol. The van der Waals surface area contributed by atoms with Crippen LogP contribution in [0.4, 0.5) is 5.69 Å². The Bertz CT molecular complexity index is 1260. The summed E-state index contributed by atoms with van der Waals surface area (Å²) < 4.78 is 11.8. The molecule has 0 radical (unpaired) electrons. The van der Waals surface area contributed by atoms with E-state index in [9.17, 15) is 9.59 Å². The fourth-order valence-corrected chi connectivity index (χ4v) is 5.13. The molecule has 0 saturated carbocycles. The smallest absolute Gasteiger partial charge is 0.253 e. The van der Waals surface area contributed by atoms with E-state index in [-0.39, 0.29) is 11.8 Å². The van der Waals surface area contributed by atoms with Gasteiger partial charge in [-0.2, -0.15) is 5.10 Å². The van der Waals surface area contributed by atoms with Crippen LogP contribution in [0.2, 0.25) is 0 Å². The van der Waals surface area contributed by atoms with Gasteiger partial charge < -0.3 is 24.2 Å². The first-order valence-corrected chi connectivity index (χ1v) is 13.7. The van der Waals surface area contributed by atoms with E-state index < -0.39 is 0 Å². The molecule has 0 unspecified atom stereocenters. The van der Waals surface area contributed by atoms with Crippen molar-refractivity contribution in [1.29, 1.82) is 0 Å². The van der Waals surface area contributed by atoms with Crippen molar-refractivity contribution < 1.29 is 19.1 Å². The standard InChI is InChI=1S/C30H37N5O4/c1-33-10-11-35(29(36)7-3-5-24-21-31-32-22-24)14-17-39-28-9-8-27(34-12-15-38-16-13-34)20-26(28)19-23-4-2-6-25(18-23)30(33)37/h2,4,6,8-9,18,20-22H,3,5,7,10-17,19H2,1H3,(H,31,32). The van der Waals surface area contributed by atoms with E-state index in [2.05, 4.69) is 33.3 Å². The van der Waals surface area contributed by atoms with Crippen molar-refractivity contribution >= 4 is 17.5 Å². The summed E-state index contributed by atoms with van der Waals surface area (Å²) in [6, 6.07) is 14.1. The highest BCUT2D eigenvalue weighted by Crippen LogP contribution is 2.29. The first kappa shape index (κ1) is 26.7. The lowest BCUT2D eigenvalue weighted by Crippen LogP contribution is -2.41. The number of aromatic amines is 1. The number of hydrogen-bond acceptors (Lipinski definition) is 6. The molecule has 3 heterocycles. The number of carbonyl (C=O) groups excluding carboxylic acids is 2. The molecule has 5 rings (SSSR count). The second kappa shape index (κ2) is 12.8. The first-order chi connectivity index (χ1) is 19.1. The second-order valence-corrected chi connectivity index (χ2v) is 10.2. The van der Waals surface area contributed by atoms with Gasteiger partial charge in [-0.1, -0.05) is 12.1 Å². The summed E-state index contributed by atoms with van der Waals surface area (Å²) in [5, 5.41) is 6.79. The molecular formula is C30H37N5O4. The minimum atomic E-state index is -0.0418. The number of likely N-dealkylation sites (N-methyl/N-ethyl adjacent to an activating group) is 1. The van der Waals surface area contributed by atoms with Crippen molar-refractivity contribution in [2.45, 2.75) is 25.7 Å². The van der Waals surface area contributed by atoms with Crippen LogP contribution in [0.25, 0.3) is 0 Å². The normalized spacial score (nSPS) is 16.8. The van der Waals surface area contributed by atoms with Gasteiger partial charge in [0.05, 0.1) is 26.0 Å². The number of hydrogen-bond donors (Lipinski definition) is 1. The fraction of sp³-hybridized carbons (Fsp3) is 0.433. The minimum absolute atomic E-state index is 0.0418. The Morgan fingerprint density at radius 3 is 2.72 bits per heavy atom. The Morgan fingerprint density at radius 1 is 1.03 bits per heavy atom. The molecule has 1 fully saturated rings. The lowest BCUT2D eigenvalue weighted by molar-refractivity contribution is -0.131. The number of nitrogens with zero attached hydrogens (tertiary/aromatic N) is 4. The van der Waals surface area contributed by atoms with Crippen LogP contribution in [0.1, 0.15) is 39.9 Å². The van der Waals surface area contributed by atoms with Gasteiger partial charge in [0.2, 0.25) is 5.91 Å². The second-order valence-electron chi connectivity index (χ2n) is 10.2. The van der Waals surface area contributed by atoms with Gasteiger partial charge in [-0.3, -0.25) is 14.7 Å². The average Bonchev–Trinajstić information content (AvgIpc) is 3.48. The molecule has 1 aromatic heterocycles. The zero-order valence-electron chi connectivity index (χ0n) is 22.6. The molecular weight excluding hydrogens is 494 g/mol. The molecule has 206 valence electrons. The highest BCUT2D eigenvalue weighted by atomic mass is 16.5. The monoisotopic (exact) mass is 531 g/mol. The summed E-state index contributed by atoms with van der Waals surface area (Å²) in [6.07, 6.45) is 6.26. The van der Waals surface area contributed by atoms with Crippen LogP contribution in [0.3, 0.4) is 0 Å². The summed E-state index contributed by atoms with van der Waals surface area (Å²) in [4.78, 5) is 32.3. The molecule has 9 heteroatoms. The Balaban J connectivity index is 1.36. The molecule has 0 aliphatic carbocycles. The highest BCUT2D eigenvalue weighted by Gasteiger charge is 2.20. The summed E-state index contributed by atoms with van der Waals surface area (Å²) in [5.74, 6) is 0.838. The van der Waals surface area contributed by atoms with E-state index in [1.54, 1.807) is 18.1 Å². The molecule has 1 saturated heterocycles. The number of carbonyl (C=O) groups is 2. The topological polar surface area (TPSA) is 91.0 Å². The molecule has 2 bridgehead atoms. The van der Waals surface area contributed by atoms with E-state index in [0.717, 1.165) is 67.3 Å². The number of morpholine rings is 1. The Labute approximate surface area is 229 Å². The molecule has 39 heavy (non-hydrogen) atoms. The van der Waals surface area contributed by atoms with E-state index in [0.29, 0.717) is 44.6 Å². The van der Waals surface area contributed by atoms with Gasteiger partial charge in [0.15, 0.2) is 0 Å². The molecule has 3 aromatic rings. The molecule has 1 N–H and O–H groups in total. The van der Waals surface area contributed by atoms with Gasteiger partial charge in [-0.15, -0.1) is 0 Å². The van der Waals surface area contributed by atoms with Gasteiger partial charge in [0.1, 0.15) is 12.4 Å². The Kier molecular flexibility index (Phi) is 8.78. The van der Waals surface area contributed by atoms with Gasteiger partial charge in [0.25, 0.3) is 5.91 Å². The van der Waals surface area contributed by atoms with Crippen LogP contribution in [0, 0.1) is 0 Å². The van der Waals surface area contributed by atoms with Crippen molar-refractivity contribution in [1.82, 2.24) is 20.0 Å². The number of aromatic nitrogens is 2. The summed E-state index contributed by atoms with van der Waals surface area (Å²) in [7, 11) is 1.79. The van der Waals surface area contributed by atoms with Gasteiger partial charge in [0, 0.05) is 69.1 Å². The lowest BCUT2D eigenvalue weighted by Gasteiger charge is -2.30. The molecule has 2 aromatic carbocycles. The van der Waals surface area contributed by atoms with Crippen LogP contribution in [-0.4, -0.2) is 91.4 Å². The van der Waals surface area contributed by atoms with Crippen LogP contribution >= 0.6 is 0 Å². The Morgan fingerprint density at radius 2 is 1.90 bits per heavy atom. The number of amides is 2. The van der Waals surface area contributed by atoms with Crippen LogP contribution in [0.5, 0.6) is 5.75 Å². The highest BCUT2D eigenvalue weighted by molar-refractivity contribution is 5.94. The van der Waals surface area contributed by atoms with E-state index in [4.69, 9.17) is 9.47 Å². The van der Waals surface area contributed by atoms with Crippen molar-refractivity contribution in [3.8, 4) is 5.75 Å². The number of nitrogens with one attached hydrogen (secondary N) is 1. The van der Waals surface area contributed by atoms with Crippen LogP contribution in [-0.2, 0) is 22.4 Å². The van der Waals surface area contributed by atoms with Crippen LogP contribution < -0.4 is 9.64 Å². The van der Waals surface area contributed by atoms with Crippen molar-refractivity contribution in [3.63, 3.8) is 0 Å². The van der Waals surface area contributed by atoms with E-state index >= 15 is 0 Å². The number of aryl methyl sites for hydroxylation is 1. The SMILES string of the molecule is CN1CCN(C(=O)CCCc2cn[nH]c2)CCOc2ccc(N3CCOCC3)cc2Cc2cccc(c2)C1=O. The van der Waals surface area contributed by atoms with Crippen LogP contribution in [0.15, 0.2) is 54.9 Å². The number of fused-ring (bicyclic) bond motifs is 3. The quantitative estimate of drug-likeness (QED) is 0.544. The maximum absolute atomic E-state index is 13.2. The molecule has 2 amide bonds. The van der Waals surface area contributed by atoms with Gasteiger partial charge >= 0.3 is 0 Å². The third-order valence-electron chi connectivity index (χ3n) is 7.42. The number of ether oxygens (including phenoxy) is 2. The molecule has 9 nitrogen and oxygen atoms in total. The third-order valence-corrected chi connectivity index (χ3v) is 7.42. The summed E-state index contributed by atoms with van der Waals surface area (Å²) in [6.45, 7) is 4.90. The molecule has 0 atom stereocenters. The summed E-state index contributed by atoms with van der Waals surface area (Å²) in [5.41, 5.74) is 5.00. The van der Waals surface area contributed by atoms with Gasteiger partial charge in [-0.25, -0.2) is 0 Å². The van der Waals surface area contributed by atoms with Crippen molar-refractivity contribution in [3.05, 3.63) is 77.1 Å². The molecule has 2 aliphatic heterocycles. The van der Waals surface area contributed by atoms with Crippen molar-refractivity contribution in [2.24, 2.45) is 0 Å². The predicted octanol–water partition coefficient (Wildman–Crippen LogP) is 3.15. The minimum Gasteiger partial charge on any atom is -0.491 e. The molecule has 0 spiro atoms. The van der Waals surface area contributed by atoms with Crippen molar-refractivity contribution in [2.75, 3.05) is 64.5 Å². The number of H-pyrrole nitrogens is 1. The zero-order valence-corrected chi connectivity index (χ0v) is 22.6. The van der Waals surface area contributed by atoms with E-state index in [1.807, 2.05) is 35.4 Å².